The van der Waals surface area contributed by atoms with Gasteiger partial charge in [-0.15, -0.1) is 0 Å². The monoisotopic (exact) mass is 353 g/mol. The van der Waals surface area contributed by atoms with Crippen LogP contribution in [0, 0.1) is 5.82 Å². The van der Waals surface area contributed by atoms with Gasteiger partial charge in [0, 0.05) is 17.8 Å². The van der Waals surface area contributed by atoms with E-state index in [2.05, 4.69) is 15.3 Å². The SMILES string of the molecule is CC(C)Nc1nccc(-c2c(-c3ccc(F)cc3)nn3c2COCC3)n1. The van der Waals surface area contributed by atoms with Crippen molar-refractivity contribution in [1.82, 2.24) is 19.7 Å². The smallest absolute Gasteiger partial charge is 0.223 e. The molecule has 7 heteroatoms. The number of ether oxygens (including phenoxy) is 1. The molecule has 26 heavy (non-hydrogen) atoms. The van der Waals surface area contributed by atoms with Crippen LogP contribution in [-0.2, 0) is 17.9 Å². The van der Waals surface area contributed by atoms with E-state index in [0.717, 1.165) is 28.2 Å². The van der Waals surface area contributed by atoms with Crippen LogP contribution in [0.15, 0.2) is 36.5 Å². The Labute approximate surface area is 151 Å². The molecule has 0 saturated heterocycles. The molecule has 0 spiro atoms. The van der Waals surface area contributed by atoms with Gasteiger partial charge in [-0.05, 0) is 44.2 Å². The molecule has 1 aromatic carbocycles. The molecule has 0 unspecified atom stereocenters. The number of halogens is 1. The molecule has 0 bridgehead atoms. The Kier molecular flexibility index (Phi) is 4.38. The van der Waals surface area contributed by atoms with Crippen LogP contribution < -0.4 is 5.32 Å². The van der Waals surface area contributed by atoms with Crippen LogP contribution in [-0.4, -0.2) is 32.4 Å². The Hall–Kier alpha value is -2.80. The number of nitrogens with one attached hydrogen (secondary N) is 1. The van der Waals surface area contributed by atoms with E-state index in [4.69, 9.17) is 9.84 Å². The highest BCUT2D eigenvalue weighted by molar-refractivity contribution is 5.81. The number of benzene rings is 1. The lowest BCUT2D eigenvalue weighted by atomic mass is 10.0. The largest absolute Gasteiger partial charge is 0.373 e. The summed E-state index contributed by atoms with van der Waals surface area (Å²) in [5.41, 5.74) is 4.28. The van der Waals surface area contributed by atoms with Gasteiger partial charge >= 0.3 is 0 Å². The highest BCUT2D eigenvalue weighted by Crippen LogP contribution is 2.35. The fourth-order valence-electron chi connectivity index (χ4n) is 3.05. The van der Waals surface area contributed by atoms with E-state index in [9.17, 15) is 4.39 Å². The fourth-order valence-corrected chi connectivity index (χ4v) is 3.05. The second-order valence-electron chi connectivity index (χ2n) is 6.52. The maximum absolute atomic E-state index is 13.4. The lowest BCUT2D eigenvalue weighted by molar-refractivity contribution is 0.0804. The van der Waals surface area contributed by atoms with E-state index in [0.29, 0.717) is 25.7 Å². The zero-order valence-electron chi connectivity index (χ0n) is 14.7. The molecule has 3 heterocycles. The third kappa shape index (κ3) is 3.17. The van der Waals surface area contributed by atoms with E-state index >= 15 is 0 Å². The van der Waals surface area contributed by atoms with E-state index in [-0.39, 0.29) is 11.9 Å². The molecule has 0 atom stereocenters. The highest BCUT2D eigenvalue weighted by Gasteiger charge is 2.24. The van der Waals surface area contributed by atoms with Crippen LogP contribution >= 0.6 is 0 Å². The molecule has 3 aromatic rings. The van der Waals surface area contributed by atoms with Gasteiger partial charge in [0.1, 0.15) is 11.5 Å². The first kappa shape index (κ1) is 16.7. The number of aromatic nitrogens is 4. The maximum atomic E-state index is 13.4. The van der Waals surface area contributed by atoms with Crippen molar-refractivity contribution in [2.24, 2.45) is 0 Å². The molecule has 2 aromatic heterocycles. The zero-order chi connectivity index (χ0) is 18.1. The minimum absolute atomic E-state index is 0.228. The standard InChI is InChI=1S/C19H20FN5O/c1-12(2)22-19-21-8-7-15(23-19)17-16-11-26-10-9-25(16)24-18(17)13-3-5-14(20)6-4-13/h3-8,12H,9-11H2,1-2H3,(H,21,22,23). The minimum Gasteiger partial charge on any atom is -0.373 e. The third-order valence-electron chi connectivity index (χ3n) is 4.19. The Bertz CT molecular complexity index is 920. The van der Waals surface area contributed by atoms with Gasteiger partial charge in [-0.1, -0.05) is 0 Å². The summed E-state index contributed by atoms with van der Waals surface area (Å²) >= 11 is 0. The van der Waals surface area contributed by atoms with Gasteiger partial charge in [0.25, 0.3) is 0 Å². The molecule has 4 rings (SSSR count). The van der Waals surface area contributed by atoms with Gasteiger partial charge in [-0.2, -0.15) is 5.10 Å². The van der Waals surface area contributed by atoms with Crippen LogP contribution in [0.5, 0.6) is 0 Å². The second-order valence-corrected chi connectivity index (χ2v) is 6.52. The molecule has 0 saturated carbocycles. The Balaban J connectivity index is 1.86. The molecule has 1 N–H and O–H groups in total. The van der Waals surface area contributed by atoms with Crippen LogP contribution in [0.25, 0.3) is 22.5 Å². The van der Waals surface area contributed by atoms with Gasteiger partial charge in [-0.3, -0.25) is 4.68 Å². The van der Waals surface area contributed by atoms with E-state index < -0.39 is 0 Å². The first-order valence-corrected chi connectivity index (χ1v) is 8.65. The predicted octanol–water partition coefficient (Wildman–Crippen LogP) is 3.50. The van der Waals surface area contributed by atoms with E-state index in [1.807, 2.05) is 24.6 Å². The van der Waals surface area contributed by atoms with Crippen molar-refractivity contribution in [3.63, 3.8) is 0 Å². The summed E-state index contributed by atoms with van der Waals surface area (Å²) in [5.74, 6) is 0.298. The summed E-state index contributed by atoms with van der Waals surface area (Å²) < 4.78 is 20.9. The molecular weight excluding hydrogens is 333 g/mol. The Morgan fingerprint density at radius 1 is 1.19 bits per heavy atom. The maximum Gasteiger partial charge on any atom is 0.223 e. The first-order valence-electron chi connectivity index (χ1n) is 8.65. The lowest BCUT2D eigenvalue weighted by Crippen LogP contribution is -2.17. The number of hydrogen-bond acceptors (Lipinski definition) is 5. The summed E-state index contributed by atoms with van der Waals surface area (Å²) in [7, 11) is 0. The van der Waals surface area contributed by atoms with E-state index in [1.54, 1.807) is 18.3 Å². The van der Waals surface area contributed by atoms with Gasteiger partial charge in [0.15, 0.2) is 0 Å². The Morgan fingerprint density at radius 3 is 2.77 bits per heavy atom. The number of anilines is 1. The van der Waals surface area contributed by atoms with Crippen molar-refractivity contribution < 1.29 is 9.13 Å². The summed E-state index contributed by atoms with van der Waals surface area (Å²) in [6, 6.07) is 8.46. The van der Waals surface area contributed by atoms with Gasteiger partial charge in [0.05, 0.1) is 36.7 Å². The van der Waals surface area contributed by atoms with Crippen LogP contribution in [0.4, 0.5) is 10.3 Å². The quantitative estimate of drug-likeness (QED) is 0.778. The molecule has 0 aliphatic carbocycles. The van der Waals surface area contributed by atoms with Gasteiger partial charge < -0.3 is 10.1 Å². The first-order chi connectivity index (χ1) is 12.6. The Morgan fingerprint density at radius 2 is 2.00 bits per heavy atom. The van der Waals surface area contributed by atoms with Crippen molar-refractivity contribution in [3.8, 4) is 22.5 Å². The van der Waals surface area contributed by atoms with Crippen molar-refractivity contribution in [2.45, 2.75) is 33.0 Å². The average molecular weight is 353 g/mol. The summed E-state index contributed by atoms with van der Waals surface area (Å²) in [4.78, 5) is 8.95. The van der Waals surface area contributed by atoms with Crippen LogP contribution in [0.1, 0.15) is 19.5 Å². The number of rotatable bonds is 4. The van der Waals surface area contributed by atoms with Gasteiger partial charge in [-0.25, -0.2) is 14.4 Å². The highest BCUT2D eigenvalue weighted by atomic mass is 19.1. The average Bonchev–Trinajstić information content (AvgIpc) is 3.01. The van der Waals surface area contributed by atoms with Crippen LogP contribution in [0.3, 0.4) is 0 Å². The second kappa shape index (κ2) is 6.84. The number of hydrogen-bond donors (Lipinski definition) is 1. The molecule has 1 aliphatic heterocycles. The van der Waals surface area contributed by atoms with E-state index in [1.165, 1.54) is 12.1 Å². The minimum atomic E-state index is -0.270. The van der Waals surface area contributed by atoms with Gasteiger partial charge in [0.2, 0.25) is 5.95 Å². The third-order valence-corrected chi connectivity index (χ3v) is 4.19. The fraction of sp³-hybridized carbons (Fsp3) is 0.316. The summed E-state index contributed by atoms with van der Waals surface area (Å²) in [6.07, 6.45) is 1.73. The zero-order valence-corrected chi connectivity index (χ0v) is 14.7. The molecule has 0 radical (unpaired) electrons. The molecule has 6 nitrogen and oxygen atoms in total. The number of fused-ring (bicyclic) bond motifs is 1. The summed E-state index contributed by atoms with van der Waals surface area (Å²) in [5, 5.41) is 7.97. The van der Waals surface area contributed by atoms with Crippen LogP contribution in [0.2, 0.25) is 0 Å². The van der Waals surface area contributed by atoms with Crippen molar-refractivity contribution in [1.29, 1.82) is 0 Å². The topological polar surface area (TPSA) is 64.9 Å². The molecule has 1 aliphatic rings. The lowest BCUT2D eigenvalue weighted by Gasteiger charge is -2.15. The predicted molar refractivity (Wildman–Crippen MR) is 97.1 cm³/mol. The number of nitrogens with zero attached hydrogens (tertiary/aromatic N) is 4. The molecular formula is C19H20FN5O. The molecule has 134 valence electrons. The van der Waals surface area contributed by atoms with Crippen molar-refractivity contribution >= 4 is 5.95 Å². The molecule has 0 amide bonds. The van der Waals surface area contributed by atoms with Crippen molar-refractivity contribution in [2.75, 3.05) is 11.9 Å². The normalized spacial score (nSPS) is 13.7. The van der Waals surface area contributed by atoms with Crippen molar-refractivity contribution in [3.05, 3.63) is 48.0 Å². The molecule has 0 fully saturated rings. The summed E-state index contributed by atoms with van der Waals surface area (Å²) in [6.45, 7) is 5.86.